The highest BCUT2D eigenvalue weighted by Crippen LogP contribution is 2.29. The van der Waals surface area contributed by atoms with Crippen molar-refractivity contribution in [1.82, 2.24) is 4.90 Å². The van der Waals surface area contributed by atoms with Gasteiger partial charge in [0.15, 0.2) is 0 Å². The van der Waals surface area contributed by atoms with Crippen molar-refractivity contribution in [3.05, 3.63) is 34.9 Å². The third-order valence-corrected chi connectivity index (χ3v) is 5.44. The Hall–Kier alpha value is -0.230. The number of hydrogen-bond donors (Lipinski definition) is 0. The Labute approximate surface area is 124 Å². The lowest BCUT2D eigenvalue weighted by Gasteiger charge is -2.35. The van der Waals surface area contributed by atoms with Gasteiger partial charge in [0.25, 0.3) is 0 Å². The van der Waals surface area contributed by atoms with Gasteiger partial charge in [0.05, 0.1) is 5.75 Å². The third kappa shape index (κ3) is 4.67. The van der Waals surface area contributed by atoms with Gasteiger partial charge >= 0.3 is 0 Å². The van der Waals surface area contributed by atoms with E-state index in [4.69, 9.17) is 11.6 Å². The van der Waals surface area contributed by atoms with E-state index in [1.54, 1.807) is 0 Å². The molecule has 0 aliphatic carbocycles. The molecule has 1 aliphatic rings. The summed E-state index contributed by atoms with van der Waals surface area (Å²) < 4.78 is 22.6. The Morgan fingerprint density at radius 3 is 2.68 bits per heavy atom. The molecular weight excluding hydrogens is 302 g/mol. The molecule has 1 fully saturated rings. The maximum absolute atomic E-state index is 11.3. The fourth-order valence-electron chi connectivity index (χ4n) is 2.18. The van der Waals surface area contributed by atoms with E-state index in [9.17, 15) is 8.42 Å². The summed E-state index contributed by atoms with van der Waals surface area (Å²) in [6.45, 7) is 1.54. The lowest BCUT2D eigenvalue weighted by Crippen LogP contribution is -2.39. The molecule has 1 atom stereocenters. The molecule has 3 nitrogen and oxygen atoms in total. The first-order valence-electron chi connectivity index (χ1n) is 6.21. The molecule has 6 heteroatoms. The highest BCUT2D eigenvalue weighted by molar-refractivity contribution is 7.99. The van der Waals surface area contributed by atoms with Crippen molar-refractivity contribution in [1.29, 1.82) is 0 Å². The van der Waals surface area contributed by atoms with Gasteiger partial charge in [-0.1, -0.05) is 23.7 Å². The molecule has 0 unspecified atom stereocenters. The zero-order chi connectivity index (χ0) is 13.9. The van der Waals surface area contributed by atoms with Crippen molar-refractivity contribution in [2.45, 2.75) is 6.04 Å². The number of hydrogen-bond acceptors (Lipinski definition) is 4. The van der Waals surface area contributed by atoms with Gasteiger partial charge in [-0.25, -0.2) is 8.42 Å². The van der Waals surface area contributed by atoms with Crippen LogP contribution in [0.2, 0.25) is 5.02 Å². The molecule has 1 aliphatic heterocycles. The van der Waals surface area contributed by atoms with Crippen LogP contribution in [-0.2, 0) is 9.84 Å². The largest absolute Gasteiger partial charge is 0.294 e. The lowest BCUT2D eigenvalue weighted by molar-refractivity contribution is 0.234. The van der Waals surface area contributed by atoms with E-state index in [1.807, 2.05) is 36.0 Å². The zero-order valence-corrected chi connectivity index (χ0v) is 13.3. The second-order valence-electron chi connectivity index (χ2n) is 4.81. The zero-order valence-electron chi connectivity index (χ0n) is 10.9. The number of rotatable bonds is 4. The maximum Gasteiger partial charge on any atom is 0.148 e. The minimum absolute atomic E-state index is 0.224. The molecule has 2 rings (SSSR count). The van der Waals surface area contributed by atoms with Gasteiger partial charge in [0.1, 0.15) is 9.84 Å². The van der Waals surface area contributed by atoms with E-state index >= 15 is 0 Å². The fourth-order valence-corrected chi connectivity index (χ4v) is 4.03. The molecule has 0 bridgehead atoms. The van der Waals surface area contributed by atoms with Gasteiger partial charge < -0.3 is 0 Å². The van der Waals surface area contributed by atoms with Crippen molar-refractivity contribution in [2.24, 2.45) is 0 Å². The normalized spacial score (nSPS) is 21.5. The molecule has 1 aromatic carbocycles. The van der Waals surface area contributed by atoms with Crippen LogP contribution in [0.5, 0.6) is 0 Å². The second-order valence-corrected chi connectivity index (χ2v) is 8.65. The first kappa shape index (κ1) is 15.2. The number of benzene rings is 1. The van der Waals surface area contributed by atoms with Crippen molar-refractivity contribution < 1.29 is 8.42 Å². The van der Waals surface area contributed by atoms with Crippen LogP contribution in [0.15, 0.2) is 24.3 Å². The van der Waals surface area contributed by atoms with E-state index < -0.39 is 9.84 Å². The molecule has 0 spiro atoms. The minimum Gasteiger partial charge on any atom is -0.294 e. The second kappa shape index (κ2) is 6.48. The molecule has 0 amide bonds. The van der Waals surface area contributed by atoms with Gasteiger partial charge in [-0.3, -0.25) is 4.90 Å². The number of nitrogens with zero attached hydrogens (tertiary/aromatic N) is 1. The van der Waals surface area contributed by atoms with E-state index in [1.165, 1.54) is 11.8 Å². The Kier molecular flexibility index (Phi) is 5.17. The van der Waals surface area contributed by atoms with Crippen LogP contribution in [0.4, 0.5) is 0 Å². The lowest BCUT2D eigenvalue weighted by atomic mass is 10.1. The average molecular weight is 320 g/mol. The van der Waals surface area contributed by atoms with Crippen molar-refractivity contribution >= 4 is 33.2 Å². The van der Waals surface area contributed by atoms with Crippen LogP contribution in [0, 0.1) is 0 Å². The van der Waals surface area contributed by atoms with E-state index in [0.717, 1.165) is 23.1 Å². The van der Waals surface area contributed by atoms with E-state index in [-0.39, 0.29) is 11.8 Å². The maximum atomic E-state index is 11.3. The number of thioether (sulfide) groups is 1. The van der Waals surface area contributed by atoms with Crippen molar-refractivity contribution in [2.75, 3.05) is 36.6 Å². The summed E-state index contributed by atoms with van der Waals surface area (Å²) >= 11 is 7.82. The molecule has 19 heavy (non-hydrogen) atoms. The van der Waals surface area contributed by atoms with Gasteiger partial charge in [-0.15, -0.1) is 0 Å². The van der Waals surface area contributed by atoms with E-state index in [0.29, 0.717) is 6.54 Å². The SMILES string of the molecule is CS(=O)(=O)CCN1CCSC[C@H]1c1ccc(Cl)cc1. The summed E-state index contributed by atoms with van der Waals surface area (Å²) in [5.74, 6) is 2.29. The number of halogens is 1. The van der Waals surface area contributed by atoms with Crippen LogP contribution in [0.1, 0.15) is 11.6 Å². The predicted octanol–water partition coefficient (Wildman–Crippen LogP) is 2.47. The van der Waals surface area contributed by atoms with Crippen LogP contribution in [-0.4, -0.2) is 49.9 Å². The van der Waals surface area contributed by atoms with Crippen molar-refractivity contribution in [3.8, 4) is 0 Å². The Balaban J connectivity index is 2.09. The molecule has 1 saturated heterocycles. The fraction of sp³-hybridized carbons (Fsp3) is 0.538. The third-order valence-electron chi connectivity index (χ3n) is 3.24. The minimum atomic E-state index is -2.91. The topological polar surface area (TPSA) is 37.4 Å². The van der Waals surface area contributed by atoms with Gasteiger partial charge in [-0.2, -0.15) is 11.8 Å². The highest BCUT2D eigenvalue weighted by Gasteiger charge is 2.24. The molecule has 0 saturated carbocycles. The summed E-state index contributed by atoms with van der Waals surface area (Å²) in [5.41, 5.74) is 1.21. The molecule has 1 aromatic rings. The summed E-state index contributed by atoms with van der Waals surface area (Å²) in [6.07, 6.45) is 1.29. The molecule has 0 N–H and O–H groups in total. The molecule has 106 valence electrons. The van der Waals surface area contributed by atoms with Crippen molar-refractivity contribution in [3.63, 3.8) is 0 Å². The van der Waals surface area contributed by atoms with Gasteiger partial charge in [0.2, 0.25) is 0 Å². The quantitative estimate of drug-likeness (QED) is 0.854. The van der Waals surface area contributed by atoms with Crippen LogP contribution < -0.4 is 0 Å². The molecular formula is C13H18ClNO2S2. The standard InChI is InChI=1S/C13H18ClNO2S2/c1-19(16,17)9-7-15-6-8-18-10-13(15)11-2-4-12(14)5-3-11/h2-5,13H,6-10H2,1H3/t13-/m0/s1. The summed E-state index contributed by atoms with van der Waals surface area (Å²) in [7, 11) is -2.91. The number of sulfone groups is 1. The van der Waals surface area contributed by atoms with Crippen LogP contribution in [0.3, 0.4) is 0 Å². The Bertz CT molecular complexity index is 516. The molecule has 0 aromatic heterocycles. The Morgan fingerprint density at radius 2 is 2.05 bits per heavy atom. The Morgan fingerprint density at radius 1 is 1.37 bits per heavy atom. The summed E-state index contributed by atoms with van der Waals surface area (Å²) in [6, 6.07) is 8.15. The van der Waals surface area contributed by atoms with Crippen LogP contribution in [0.25, 0.3) is 0 Å². The smallest absolute Gasteiger partial charge is 0.148 e. The predicted molar refractivity (Wildman–Crippen MR) is 82.8 cm³/mol. The average Bonchev–Trinajstić information content (AvgIpc) is 2.37. The van der Waals surface area contributed by atoms with Gasteiger partial charge in [-0.05, 0) is 17.7 Å². The van der Waals surface area contributed by atoms with E-state index in [2.05, 4.69) is 4.90 Å². The first-order chi connectivity index (χ1) is 8.96. The first-order valence-corrected chi connectivity index (χ1v) is 9.80. The highest BCUT2D eigenvalue weighted by atomic mass is 35.5. The molecule has 1 heterocycles. The monoisotopic (exact) mass is 319 g/mol. The van der Waals surface area contributed by atoms with Gasteiger partial charge in [0, 0.05) is 41.9 Å². The summed E-state index contributed by atoms with van der Waals surface area (Å²) in [4.78, 5) is 2.26. The molecule has 0 radical (unpaired) electrons. The van der Waals surface area contributed by atoms with Crippen LogP contribution >= 0.6 is 23.4 Å². The summed E-state index contributed by atoms with van der Waals surface area (Å²) in [5, 5.41) is 0.731.